The molecule has 1 nitrogen and oxygen atoms in total. The van der Waals surface area contributed by atoms with Gasteiger partial charge < -0.3 is 4.90 Å². The number of benzene rings is 1. The normalized spacial score (nSPS) is 37.8. The molecule has 4 atom stereocenters. The second kappa shape index (κ2) is 3.34. The molecule has 0 aromatic heterocycles. The molecule has 1 heterocycles. The molecular formula is C15H16FN. The molecule has 17 heavy (non-hydrogen) atoms. The summed E-state index contributed by atoms with van der Waals surface area (Å²) in [6, 6.07) is 6.95. The van der Waals surface area contributed by atoms with Crippen LogP contribution in [0.2, 0.25) is 0 Å². The van der Waals surface area contributed by atoms with Crippen molar-refractivity contribution in [3.8, 4) is 0 Å². The molecule has 4 unspecified atom stereocenters. The highest BCUT2D eigenvalue weighted by atomic mass is 19.1. The standard InChI is InChI=1S/C15H16FN/c16-12-3-5-13(6-4-12)17-8-14-10-1-2-11(7-10)15(14)9-17/h1-6,10-11,14-15H,7-9H2. The molecule has 2 fully saturated rings. The first-order chi connectivity index (χ1) is 8.31. The molecular weight excluding hydrogens is 213 g/mol. The highest BCUT2D eigenvalue weighted by Gasteiger charge is 2.49. The Morgan fingerprint density at radius 1 is 0.941 bits per heavy atom. The molecule has 0 spiro atoms. The van der Waals surface area contributed by atoms with E-state index in [2.05, 4.69) is 17.1 Å². The van der Waals surface area contributed by atoms with Crippen molar-refractivity contribution < 1.29 is 4.39 Å². The van der Waals surface area contributed by atoms with Gasteiger partial charge in [-0.25, -0.2) is 4.39 Å². The van der Waals surface area contributed by atoms with E-state index in [9.17, 15) is 4.39 Å². The van der Waals surface area contributed by atoms with Crippen LogP contribution in [0.1, 0.15) is 6.42 Å². The van der Waals surface area contributed by atoms with Gasteiger partial charge in [0.25, 0.3) is 0 Å². The van der Waals surface area contributed by atoms with Crippen molar-refractivity contribution in [3.63, 3.8) is 0 Å². The topological polar surface area (TPSA) is 3.24 Å². The van der Waals surface area contributed by atoms with Gasteiger partial charge in [-0.1, -0.05) is 12.2 Å². The van der Waals surface area contributed by atoms with Gasteiger partial charge in [0.15, 0.2) is 0 Å². The van der Waals surface area contributed by atoms with Crippen LogP contribution in [0.4, 0.5) is 10.1 Å². The molecule has 1 saturated heterocycles. The van der Waals surface area contributed by atoms with E-state index in [1.807, 2.05) is 12.1 Å². The van der Waals surface area contributed by atoms with Crippen LogP contribution in [0.15, 0.2) is 36.4 Å². The Balaban J connectivity index is 1.58. The Hall–Kier alpha value is -1.31. The van der Waals surface area contributed by atoms with Crippen molar-refractivity contribution in [3.05, 3.63) is 42.2 Å². The number of hydrogen-bond acceptors (Lipinski definition) is 1. The Kier molecular flexibility index (Phi) is 1.91. The van der Waals surface area contributed by atoms with Gasteiger partial charge in [0.05, 0.1) is 0 Å². The van der Waals surface area contributed by atoms with Gasteiger partial charge in [0, 0.05) is 18.8 Å². The Labute approximate surface area is 101 Å². The van der Waals surface area contributed by atoms with Crippen molar-refractivity contribution in [2.45, 2.75) is 6.42 Å². The van der Waals surface area contributed by atoms with Gasteiger partial charge in [-0.2, -0.15) is 0 Å². The fourth-order valence-corrected chi connectivity index (χ4v) is 4.01. The molecule has 0 N–H and O–H groups in total. The van der Waals surface area contributed by atoms with E-state index in [1.54, 1.807) is 12.1 Å². The van der Waals surface area contributed by atoms with E-state index in [4.69, 9.17) is 0 Å². The first-order valence-corrected chi connectivity index (χ1v) is 6.50. The van der Waals surface area contributed by atoms with Gasteiger partial charge >= 0.3 is 0 Å². The quantitative estimate of drug-likeness (QED) is 0.669. The van der Waals surface area contributed by atoms with Crippen LogP contribution in [0.5, 0.6) is 0 Å². The molecule has 88 valence electrons. The summed E-state index contributed by atoms with van der Waals surface area (Å²) in [5, 5.41) is 0. The summed E-state index contributed by atoms with van der Waals surface area (Å²) < 4.78 is 12.9. The number of rotatable bonds is 1. The van der Waals surface area contributed by atoms with E-state index in [0.29, 0.717) is 0 Å². The summed E-state index contributed by atoms with van der Waals surface area (Å²) in [7, 11) is 0. The van der Waals surface area contributed by atoms with Crippen LogP contribution in [0.3, 0.4) is 0 Å². The van der Waals surface area contributed by atoms with Gasteiger partial charge in [-0.15, -0.1) is 0 Å². The van der Waals surface area contributed by atoms with Crippen molar-refractivity contribution in [1.29, 1.82) is 0 Å². The lowest BCUT2D eigenvalue weighted by molar-refractivity contribution is 0.395. The maximum absolute atomic E-state index is 12.9. The highest BCUT2D eigenvalue weighted by Crippen LogP contribution is 2.51. The summed E-state index contributed by atoms with van der Waals surface area (Å²) in [5.74, 6) is 3.17. The summed E-state index contributed by atoms with van der Waals surface area (Å²) in [4.78, 5) is 2.43. The zero-order valence-electron chi connectivity index (χ0n) is 9.72. The third-order valence-corrected chi connectivity index (χ3v) is 4.85. The first kappa shape index (κ1) is 9.69. The average molecular weight is 229 g/mol. The second-order valence-corrected chi connectivity index (χ2v) is 5.66. The molecule has 0 radical (unpaired) electrons. The smallest absolute Gasteiger partial charge is 0.123 e. The van der Waals surface area contributed by atoms with Crippen molar-refractivity contribution in [1.82, 2.24) is 0 Å². The molecule has 0 amide bonds. The molecule has 2 bridgehead atoms. The number of nitrogens with zero attached hydrogens (tertiary/aromatic N) is 1. The maximum atomic E-state index is 12.9. The fourth-order valence-electron chi connectivity index (χ4n) is 4.01. The van der Waals surface area contributed by atoms with Crippen molar-refractivity contribution in [2.75, 3.05) is 18.0 Å². The van der Waals surface area contributed by atoms with E-state index in [1.165, 1.54) is 12.1 Å². The van der Waals surface area contributed by atoms with Crippen LogP contribution in [-0.2, 0) is 0 Å². The minimum atomic E-state index is -0.144. The number of allylic oxidation sites excluding steroid dienone is 2. The first-order valence-electron chi connectivity index (χ1n) is 6.50. The maximum Gasteiger partial charge on any atom is 0.123 e. The molecule has 1 saturated carbocycles. The molecule has 4 rings (SSSR count). The zero-order valence-corrected chi connectivity index (χ0v) is 9.72. The lowest BCUT2D eigenvalue weighted by Crippen LogP contribution is -2.22. The van der Waals surface area contributed by atoms with E-state index in [0.717, 1.165) is 36.8 Å². The van der Waals surface area contributed by atoms with Gasteiger partial charge in [-0.05, 0) is 54.4 Å². The number of fused-ring (bicyclic) bond motifs is 5. The fraction of sp³-hybridized carbons (Fsp3) is 0.467. The van der Waals surface area contributed by atoms with Crippen LogP contribution in [-0.4, -0.2) is 13.1 Å². The molecule has 1 aliphatic heterocycles. The molecule has 3 aliphatic rings. The number of anilines is 1. The third kappa shape index (κ3) is 1.36. The lowest BCUT2D eigenvalue weighted by atomic mass is 9.86. The Bertz CT molecular complexity index is 444. The van der Waals surface area contributed by atoms with Gasteiger partial charge in [0.2, 0.25) is 0 Å². The predicted molar refractivity (Wildman–Crippen MR) is 66.3 cm³/mol. The Morgan fingerprint density at radius 2 is 1.53 bits per heavy atom. The van der Waals surface area contributed by atoms with Gasteiger partial charge in [0.1, 0.15) is 5.82 Å². The van der Waals surface area contributed by atoms with E-state index < -0.39 is 0 Å². The summed E-state index contributed by atoms with van der Waals surface area (Å²) in [6.45, 7) is 2.31. The SMILES string of the molecule is Fc1ccc(N2CC3C4C=CC(C4)C3C2)cc1. The average Bonchev–Trinajstić information content (AvgIpc) is 3.02. The predicted octanol–water partition coefficient (Wildman–Crippen LogP) is 3.08. The van der Waals surface area contributed by atoms with Crippen molar-refractivity contribution in [2.24, 2.45) is 23.7 Å². The van der Waals surface area contributed by atoms with E-state index in [-0.39, 0.29) is 5.82 Å². The minimum absolute atomic E-state index is 0.144. The van der Waals surface area contributed by atoms with Crippen LogP contribution in [0.25, 0.3) is 0 Å². The Morgan fingerprint density at radius 3 is 2.12 bits per heavy atom. The monoisotopic (exact) mass is 229 g/mol. The number of halogens is 1. The molecule has 2 heteroatoms. The number of hydrogen-bond donors (Lipinski definition) is 0. The summed E-state index contributed by atoms with van der Waals surface area (Å²) in [6.07, 6.45) is 6.21. The van der Waals surface area contributed by atoms with Crippen molar-refractivity contribution >= 4 is 5.69 Å². The molecule has 1 aromatic rings. The lowest BCUT2D eigenvalue weighted by Gasteiger charge is -2.20. The molecule has 2 aliphatic carbocycles. The summed E-state index contributed by atoms with van der Waals surface area (Å²) >= 11 is 0. The van der Waals surface area contributed by atoms with Gasteiger partial charge in [-0.3, -0.25) is 0 Å². The second-order valence-electron chi connectivity index (χ2n) is 5.66. The van der Waals surface area contributed by atoms with E-state index >= 15 is 0 Å². The third-order valence-electron chi connectivity index (χ3n) is 4.85. The highest BCUT2D eigenvalue weighted by molar-refractivity contribution is 5.48. The molecule has 1 aromatic carbocycles. The van der Waals surface area contributed by atoms with Crippen LogP contribution in [0, 0.1) is 29.5 Å². The zero-order chi connectivity index (χ0) is 11.4. The largest absolute Gasteiger partial charge is 0.371 e. The summed E-state index contributed by atoms with van der Waals surface area (Å²) in [5.41, 5.74) is 1.18. The minimum Gasteiger partial charge on any atom is -0.371 e. The van der Waals surface area contributed by atoms with Crippen LogP contribution < -0.4 is 4.90 Å². The van der Waals surface area contributed by atoms with Crippen LogP contribution >= 0.6 is 0 Å².